The van der Waals surface area contributed by atoms with Gasteiger partial charge in [0.1, 0.15) is 12.4 Å². The Bertz CT molecular complexity index is 825. The van der Waals surface area contributed by atoms with Gasteiger partial charge in [0.25, 0.3) is 5.56 Å². The van der Waals surface area contributed by atoms with Crippen LogP contribution in [0, 0.1) is 0 Å². The highest BCUT2D eigenvalue weighted by Gasteiger charge is 2.30. The summed E-state index contributed by atoms with van der Waals surface area (Å²) in [5.41, 5.74) is 1.63. The van der Waals surface area contributed by atoms with Crippen molar-refractivity contribution in [2.75, 3.05) is 11.9 Å². The smallest absolute Gasteiger partial charge is 0.256 e. The minimum Gasteiger partial charge on any atom is -0.487 e. The first-order valence-electron chi connectivity index (χ1n) is 8.92. The summed E-state index contributed by atoms with van der Waals surface area (Å²) in [6.07, 6.45) is 5.07. The summed E-state index contributed by atoms with van der Waals surface area (Å²) < 4.78 is 5.80. The minimum absolute atomic E-state index is 0.132. The maximum Gasteiger partial charge on any atom is 0.256 e. The number of anilines is 1. The molecule has 1 aliphatic carbocycles. The Hall–Kier alpha value is -2.34. The van der Waals surface area contributed by atoms with Gasteiger partial charge in [-0.3, -0.25) is 9.78 Å². The molecular formula is C19H23N3O3. The standard InChI is InChI=1S/C19H23N3O3/c23-17-14-11-13-5-1-2-6-16(13)25-12-15(14)21-18(22-17)20-10-9-19(24)7-3-4-8-19/h1-2,5-6,24H,3-4,7-12H2,(H2,20,21,22,23). The van der Waals surface area contributed by atoms with Crippen molar-refractivity contribution in [3.8, 4) is 5.75 Å². The molecule has 1 aliphatic heterocycles. The topological polar surface area (TPSA) is 87.2 Å². The molecule has 1 fully saturated rings. The zero-order chi connectivity index (χ0) is 17.3. The molecule has 2 heterocycles. The molecule has 2 aliphatic rings. The third-order valence-electron chi connectivity index (χ3n) is 5.22. The van der Waals surface area contributed by atoms with E-state index >= 15 is 0 Å². The van der Waals surface area contributed by atoms with Gasteiger partial charge in [-0.05, 0) is 30.9 Å². The lowest BCUT2D eigenvalue weighted by Gasteiger charge is -2.22. The van der Waals surface area contributed by atoms with Crippen molar-refractivity contribution in [3.63, 3.8) is 0 Å². The molecule has 2 aromatic rings. The number of aliphatic hydroxyl groups is 1. The summed E-state index contributed by atoms with van der Waals surface area (Å²) in [5.74, 6) is 1.25. The molecule has 0 atom stereocenters. The molecule has 0 bridgehead atoms. The quantitative estimate of drug-likeness (QED) is 0.795. The van der Waals surface area contributed by atoms with Gasteiger partial charge in [0, 0.05) is 18.5 Å². The number of nitrogens with one attached hydrogen (secondary N) is 2. The van der Waals surface area contributed by atoms with Crippen LogP contribution >= 0.6 is 0 Å². The van der Waals surface area contributed by atoms with Gasteiger partial charge in [0.15, 0.2) is 0 Å². The number of aromatic nitrogens is 2. The van der Waals surface area contributed by atoms with Crippen LogP contribution in [0.5, 0.6) is 5.75 Å². The molecule has 0 spiro atoms. The Morgan fingerprint density at radius 2 is 2.08 bits per heavy atom. The van der Waals surface area contributed by atoms with E-state index in [9.17, 15) is 9.90 Å². The van der Waals surface area contributed by atoms with E-state index in [2.05, 4.69) is 15.3 Å². The molecule has 3 N–H and O–H groups in total. The summed E-state index contributed by atoms with van der Waals surface area (Å²) in [6.45, 7) is 0.869. The van der Waals surface area contributed by atoms with Crippen LogP contribution in [0.15, 0.2) is 29.1 Å². The number of H-pyrrole nitrogens is 1. The van der Waals surface area contributed by atoms with E-state index in [1.54, 1.807) is 0 Å². The molecule has 1 aromatic heterocycles. The lowest BCUT2D eigenvalue weighted by atomic mass is 9.98. The first-order chi connectivity index (χ1) is 12.1. The number of aromatic amines is 1. The Kier molecular flexibility index (Phi) is 4.21. The van der Waals surface area contributed by atoms with Crippen molar-refractivity contribution in [1.29, 1.82) is 0 Å². The van der Waals surface area contributed by atoms with Gasteiger partial charge in [-0.25, -0.2) is 4.98 Å². The molecule has 132 valence electrons. The van der Waals surface area contributed by atoms with Gasteiger partial charge in [-0.2, -0.15) is 0 Å². The van der Waals surface area contributed by atoms with Gasteiger partial charge < -0.3 is 15.2 Å². The maximum atomic E-state index is 12.5. The molecule has 1 saturated carbocycles. The predicted molar refractivity (Wildman–Crippen MR) is 95.0 cm³/mol. The number of rotatable bonds is 4. The zero-order valence-electron chi connectivity index (χ0n) is 14.2. The summed E-state index contributed by atoms with van der Waals surface area (Å²) in [7, 11) is 0. The summed E-state index contributed by atoms with van der Waals surface area (Å²) in [4.78, 5) is 19.8. The fourth-order valence-electron chi connectivity index (χ4n) is 3.75. The molecule has 6 nitrogen and oxygen atoms in total. The van der Waals surface area contributed by atoms with Gasteiger partial charge in [-0.1, -0.05) is 31.0 Å². The fraction of sp³-hybridized carbons (Fsp3) is 0.474. The molecule has 1 aromatic carbocycles. The molecule has 0 unspecified atom stereocenters. The average molecular weight is 341 g/mol. The number of hydrogen-bond donors (Lipinski definition) is 3. The Morgan fingerprint density at radius 1 is 1.28 bits per heavy atom. The number of fused-ring (bicyclic) bond motifs is 2. The second-order valence-electron chi connectivity index (χ2n) is 7.02. The third-order valence-corrected chi connectivity index (χ3v) is 5.22. The molecule has 4 rings (SSSR count). The lowest BCUT2D eigenvalue weighted by Crippen LogP contribution is -2.28. The largest absolute Gasteiger partial charge is 0.487 e. The zero-order valence-corrected chi connectivity index (χ0v) is 14.2. The van der Waals surface area contributed by atoms with Gasteiger partial charge in [0.2, 0.25) is 5.95 Å². The van der Waals surface area contributed by atoms with Crippen molar-refractivity contribution < 1.29 is 9.84 Å². The molecule has 0 radical (unpaired) electrons. The van der Waals surface area contributed by atoms with E-state index in [-0.39, 0.29) is 12.2 Å². The van der Waals surface area contributed by atoms with Crippen LogP contribution in [0.4, 0.5) is 5.95 Å². The Morgan fingerprint density at radius 3 is 2.92 bits per heavy atom. The monoisotopic (exact) mass is 341 g/mol. The van der Waals surface area contributed by atoms with Crippen molar-refractivity contribution >= 4 is 5.95 Å². The number of benzene rings is 1. The molecule has 0 saturated heterocycles. The SMILES string of the molecule is O=c1[nH]c(NCCC2(O)CCCC2)nc2c1Cc1ccccc1OC2. The van der Waals surface area contributed by atoms with E-state index in [0.717, 1.165) is 37.0 Å². The van der Waals surface area contributed by atoms with Crippen LogP contribution in [-0.4, -0.2) is 27.2 Å². The van der Waals surface area contributed by atoms with Crippen molar-refractivity contribution in [2.24, 2.45) is 0 Å². The highest BCUT2D eigenvalue weighted by molar-refractivity contribution is 5.41. The summed E-state index contributed by atoms with van der Waals surface area (Å²) in [5, 5.41) is 13.5. The highest BCUT2D eigenvalue weighted by atomic mass is 16.5. The summed E-state index contributed by atoms with van der Waals surface area (Å²) in [6, 6.07) is 7.75. The van der Waals surface area contributed by atoms with Crippen LogP contribution in [0.2, 0.25) is 0 Å². The number of hydrogen-bond acceptors (Lipinski definition) is 5. The predicted octanol–water partition coefficient (Wildman–Crippen LogP) is 2.36. The average Bonchev–Trinajstić information content (AvgIpc) is 2.93. The van der Waals surface area contributed by atoms with E-state index in [0.29, 0.717) is 36.6 Å². The Balaban J connectivity index is 1.49. The highest BCUT2D eigenvalue weighted by Crippen LogP contribution is 2.32. The van der Waals surface area contributed by atoms with Crippen LogP contribution < -0.4 is 15.6 Å². The van der Waals surface area contributed by atoms with E-state index in [1.807, 2.05) is 24.3 Å². The minimum atomic E-state index is -0.566. The summed E-state index contributed by atoms with van der Waals surface area (Å²) >= 11 is 0. The first kappa shape index (κ1) is 16.1. The third kappa shape index (κ3) is 3.39. The van der Waals surface area contributed by atoms with Crippen molar-refractivity contribution in [2.45, 2.75) is 50.7 Å². The molecule has 6 heteroatoms. The van der Waals surface area contributed by atoms with Crippen molar-refractivity contribution in [3.05, 3.63) is 51.4 Å². The van der Waals surface area contributed by atoms with Gasteiger partial charge in [0.05, 0.1) is 11.3 Å². The van der Waals surface area contributed by atoms with Crippen LogP contribution in [-0.2, 0) is 13.0 Å². The Labute approximate surface area is 146 Å². The second kappa shape index (κ2) is 6.52. The van der Waals surface area contributed by atoms with Gasteiger partial charge in [-0.15, -0.1) is 0 Å². The number of nitrogens with zero attached hydrogens (tertiary/aromatic N) is 1. The van der Waals surface area contributed by atoms with E-state index in [1.165, 1.54) is 0 Å². The van der Waals surface area contributed by atoms with Crippen LogP contribution in [0.3, 0.4) is 0 Å². The first-order valence-corrected chi connectivity index (χ1v) is 8.92. The lowest BCUT2D eigenvalue weighted by molar-refractivity contribution is 0.0424. The van der Waals surface area contributed by atoms with Crippen LogP contribution in [0.25, 0.3) is 0 Å². The number of para-hydroxylation sites is 1. The molecular weight excluding hydrogens is 318 g/mol. The molecule has 25 heavy (non-hydrogen) atoms. The van der Waals surface area contributed by atoms with Crippen molar-refractivity contribution in [1.82, 2.24) is 9.97 Å². The fourth-order valence-corrected chi connectivity index (χ4v) is 3.75. The number of ether oxygens (including phenoxy) is 1. The normalized spacial score (nSPS) is 18.0. The maximum absolute atomic E-state index is 12.5. The van der Waals surface area contributed by atoms with Crippen LogP contribution in [0.1, 0.15) is 48.9 Å². The van der Waals surface area contributed by atoms with Gasteiger partial charge >= 0.3 is 0 Å². The van der Waals surface area contributed by atoms with E-state index in [4.69, 9.17) is 4.74 Å². The van der Waals surface area contributed by atoms with E-state index < -0.39 is 5.60 Å². The molecule has 0 amide bonds. The second-order valence-corrected chi connectivity index (χ2v) is 7.02.